The number of para-hydroxylation sites is 4. The lowest BCUT2D eigenvalue weighted by Gasteiger charge is -2.45. The monoisotopic (exact) mass is 1350 g/mol. The summed E-state index contributed by atoms with van der Waals surface area (Å²) in [5.41, 5.74) is 23.2. The quantitative estimate of drug-likeness (QED) is 0.149. The van der Waals surface area contributed by atoms with Crippen molar-refractivity contribution in [2.75, 3.05) is 9.80 Å². The third kappa shape index (κ3) is 10.1. The minimum Gasteiger partial charge on any atom is -0.311 e. The molecular formula is C96H80BN7. The van der Waals surface area contributed by atoms with Crippen molar-refractivity contribution in [2.24, 2.45) is 0 Å². The van der Waals surface area contributed by atoms with Crippen molar-refractivity contribution < 1.29 is 6.85 Å². The topological polar surface area (TPSA) is 68.8 Å². The van der Waals surface area contributed by atoms with Crippen molar-refractivity contribution in [1.82, 2.24) is 13.7 Å². The number of rotatable bonds is 7. The zero-order valence-corrected chi connectivity index (χ0v) is 60.7. The van der Waals surface area contributed by atoms with E-state index in [-0.39, 0.29) is 39.3 Å². The van der Waals surface area contributed by atoms with E-state index < -0.39 is 24.8 Å². The lowest BCUT2D eigenvalue weighted by atomic mass is 9.33. The fourth-order valence-electron chi connectivity index (χ4n) is 16.5. The fraction of sp³-hybridized carbons (Fsp3) is 0.167. The van der Waals surface area contributed by atoms with E-state index in [1.807, 2.05) is 54.6 Å². The summed E-state index contributed by atoms with van der Waals surface area (Å²) in [5.74, 6) is 0. The van der Waals surface area contributed by atoms with Gasteiger partial charge >= 0.3 is 0 Å². The summed E-state index contributed by atoms with van der Waals surface area (Å²) in [7, 11) is 0. The summed E-state index contributed by atoms with van der Waals surface area (Å²) >= 11 is 0. The average molecular weight is 1350 g/mol. The van der Waals surface area contributed by atoms with Crippen LogP contribution in [-0.4, -0.2) is 20.4 Å². The first-order chi connectivity index (χ1) is 52.1. The molecule has 0 saturated carbocycles. The number of hydrogen-bond donors (Lipinski definition) is 0. The maximum atomic E-state index is 12.0. The zero-order chi connectivity index (χ0) is 76.0. The summed E-state index contributed by atoms with van der Waals surface area (Å²) in [6.45, 7) is 26.7. The molecule has 0 saturated heterocycles. The Morgan fingerprint density at radius 1 is 0.298 bits per heavy atom. The van der Waals surface area contributed by atoms with Crippen LogP contribution in [-0.2, 0) is 21.7 Å². The third-order valence-corrected chi connectivity index (χ3v) is 22.0. The van der Waals surface area contributed by atoms with Crippen LogP contribution >= 0.6 is 0 Å². The smallest absolute Gasteiger partial charge is 0.252 e. The summed E-state index contributed by atoms with van der Waals surface area (Å²) in [4.78, 5) is 4.64. The first-order valence-electron chi connectivity index (χ1n) is 38.5. The van der Waals surface area contributed by atoms with Gasteiger partial charge in [0, 0.05) is 72.1 Å². The van der Waals surface area contributed by atoms with E-state index in [1.54, 1.807) is 0 Å². The van der Waals surface area contributed by atoms with E-state index in [0.29, 0.717) is 39.4 Å². The number of fused-ring (bicyclic) bond motifs is 13. The molecule has 8 heteroatoms. The van der Waals surface area contributed by atoms with Gasteiger partial charge in [-0.1, -0.05) is 235 Å². The first kappa shape index (κ1) is 58.5. The van der Waals surface area contributed by atoms with Crippen molar-refractivity contribution in [3.63, 3.8) is 0 Å². The van der Waals surface area contributed by atoms with Gasteiger partial charge in [-0.25, -0.2) is 0 Å². The van der Waals surface area contributed by atoms with E-state index in [0.717, 1.165) is 121 Å². The van der Waals surface area contributed by atoms with Gasteiger partial charge in [0.25, 0.3) is 6.71 Å². The molecule has 0 aliphatic carbocycles. The Balaban J connectivity index is 1.01. The van der Waals surface area contributed by atoms with E-state index in [9.17, 15) is 13.3 Å². The highest BCUT2D eigenvalue weighted by Crippen LogP contribution is 2.51. The number of nitrogens with zero attached hydrogens (tertiary/aromatic N) is 7. The second kappa shape index (κ2) is 23.2. The van der Waals surface area contributed by atoms with Crippen LogP contribution in [0.15, 0.2) is 267 Å². The molecule has 0 atom stereocenters. The first-order valence-corrected chi connectivity index (χ1v) is 36.0. The van der Waals surface area contributed by atoms with Gasteiger partial charge in [-0.15, -0.1) is 0 Å². The van der Waals surface area contributed by atoms with Crippen LogP contribution < -0.4 is 26.2 Å². The highest BCUT2D eigenvalue weighted by Gasteiger charge is 2.45. The molecule has 5 heterocycles. The minimum absolute atomic E-state index is 0.0796. The van der Waals surface area contributed by atoms with Crippen molar-refractivity contribution >= 4 is 123 Å². The standard InChI is InChI=1S/C96H80BN7/c1-93(2,3)65-37-44-84-76(52-65)77-53-66(94(4,5)6)38-45-85(77)101(84)71-41-43-79-89(56-71)104(87-54-69(39-34-62(87)58-99)100-80-30-20-16-26-72(80)73-27-17-21-31-81(73)100)91-50-64(63-46-67(95(7,8)9)51-68(47-63)96(10,11)12)49-90-92(91)97(79)78-42-36-60(59-24-14-13-15-25-59)48-88(78)102(90)70-40-35-61(57-98)86(55-70)103-82-32-22-18-28-74(82)75-29-19-23-33-83(75)103/h13-56H,1-12H3/i13D,14D,15D,24D,25D. The van der Waals surface area contributed by atoms with Gasteiger partial charge in [0.2, 0.25) is 0 Å². The highest BCUT2D eigenvalue weighted by molar-refractivity contribution is 7.00. The molecule has 0 fully saturated rings. The van der Waals surface area contributed by atoms with Gasteiger partial charge in [0.05, 0.1) is 62.5 Å². The van der Waals surface area contributed by atoms with Crippen LogP contribution in [0.2, 0.25) is 0 Å². The molecule has 13 aromatic carbocycles. The molecule has 3 aromatic heterocycles. The molecule has 0 unspecified atom stereocenters. The van der Waals surface area contributed by atoms with Crippen LogP contribution in [0.3, 0.4) is 0 Å². The van der Waals surface area contributed by atoms with Crippen LogP contribution in [0.25, 0.3) is 105 Å². The van der Waals surface area contributed by atoms with Crippen LogP contribution in [0.1, 0.15) is 123 Å². The van der Waals surface area contributed by atoms with Gasteiger partial charge in [0.15, 0.2) is 0 Å². The Kier molecular flexibility index (Phi) is 13.1. The third-order valence-electron chi connectivity index (χ3n) is 22.0. The number of hydrogen-bond acceptors (Lipinski definition) is 4. The predicted octanol–water partition coefficient (Wildman–Crippen LogP) is 23.3. The molecule has 2 aliphatic heterocycles. The molecule has 104 heavy (non-hydrogen) atoms. The molecule has 0 N–H and O–H groups in total. The summed E-state index contributed by atoms with van der Waals surface area (Å²) in [6.07, 6.45) is 0. The maximum Gasteiger partial charge on any atom is 0.252 e. The van der Waals surface area contributed by atoms with Crippen LogP contribution in [0.4, 0.5) is 34.1 Å². The van der Waals surface area contributed by atoms with Crippen molar-refractivity contribution in [2.45, 2.75) is 105 Å². The second-order valence-electron chi connectivity index (χ2n) is 32.5. The largest absolute Gasteiger partial charge is 0.311 e. The number of nitriles is 2. The lowest BCUT2D eigenvalue weighted by Crippen LogP contribution is -2.61. The van der Waals surface area contributed by atoms with Gasteiger partial charge in [-0.2, -0.15) is 10.5 Å². The van der Waals surface area contributed by atoms with Gasteiger partial charge < -0.3 is 23.5 Å². The zero-order valence-electron chi connectivity index (χ0n) is 65.7. The van der Waals surface area contributed by atoms with Crippen LogP contribution in [0.5, 0.6) is 0 Å². The molecule has 0 amide bonds. The van der Waals surface area contributed by atoms with E-state index in [1.165, 1.54) is 22.3 Å². The second-order valence-corrected chi connectivity index (χ2v) is 32.5. The lowest BCUT2D eigenvalue weighted by molar-refractivity contribution is 0.569. The Hall–Kier alpha value is -12.1. The van der Waals surface area contributed by atoms with Gasteiger partial charge in [0.1, 0.15) is 12.1 Å². The maximum absolute atomic E-state index is 12.0. The summed E-state index contributed by atoms with van der Waals surface area (Å²) in [6, 6.07) is 87.8. The summed E-state index contributed by atoms with van der Waals surface area (Å²) in [5, 5.41) is 30.1. The van der Waals surface area contributed by atoms with E-state index in [2.05, 4.69) is 301 Å². The molecule has 0 bridgehead atoms. The Bertz CT molecular complexity index is 6490. The SMILES string of the molecule is [2H]c1c([2H])c([2H])c(-c2ccc3c(c2)N(c2ccc(C#N)c(-n4c5ccccc5c5ccccc54)c2)c2cc(-c4cc(C(C)(C)C)cc(C(C)(C)C)c4)cc4c2B3c2ccc(-n3c5ccc(C(C)(C)C)cc5c5cc(C(C)(C)C)ccc53)cc2N4c2cc(-n3c4ccccc4c4ccccc43)ccc2C#N)c([2H])c1[2H]. The average Bonchev–Trinajstić information content (AvgIpc) is 1.23. The van der Waals surface area contributed by atoms with Crippen molar-refractivity contribution in [1.29, 1.82) is 10.5 Å². The molecular weight excluding hydrogens is 1260 g/mol. The number of benzene rings is 13. The van der Waals surface area contributed by atoms with Crippen molar-refractivity contribution in [3.05, 3.63) is 300 Å². The van der Waals surface area contributed by atoms with Crippen LogP contribution in [0, 0.1) is 22.7 Å². The van der Waals surface area contributed by atoms with Crippen molar-refractivity contribution in [3.8, 4) is 51.5 Å². The molecule has 0 spiro atoms. The number of aromatic nitrogens is 3. The fourth-order valence-corrected chi connectivity index (χ4v) is 16.5. The predicted molar refractivity (Wildman–Crippen MR) is 439 cm³/mol. The van der Waals surface area contributed by atoms with Gasteiger partial charge in [-0.3, -0.25) is 0 Å². The molecule has 16 aromatic rings. The molecule has 2 aliphatic rings. The minimum atomic E-state index is -0.534. The summed E-state index contributed by atoms with van der Waals surface area (Å²) < 4.78 is 53.0. The van der Waals surface area contributed by atoms with E-state index in [4.69, 9.17) is 4.11 Å². The normalized spacial score (nSPS) is 13.8. The Labute approximate surface area is 616 Å². The molecule has 502 valence electrons. The highest BCUT2D eigenvalue weighted by atomic mass is 15.2. The Morgan fingerprint density at radius 2 is 0.692 bits per heavy atom. The number of anilines is 6. The van der Waals surface area contributed by atoms with Gasteiger partial charge in [-0.05, 0) is 198 Å². The molecule has 7 nitrogen and oxygen atoms in total. The Morgan fingerprint density at radius 3 is 1.19 bits per heavy atom. The van der Waals surface area contributed by atoms with E-state index >= 15 is 0 Å². The molecule has 0 radical (unpaired) electrons. The molecule has 18 rings (SSSR count).